The predicted molar refractivity (Wildman–Crippen MR) is 91.2 cm³/mol. The second kappa shape index (κ2) is 7.34. The summed E-state index contributed by atoms with van der Waals surface area (Å²) in [6.45, 7) is 1.79. The largest absolute Gasteiger partial charge is 0.497 e. The highest BCUT2D eigenvalue weighted by Crippen LogP contribution is 2.30. The van der Waals surface area contributed by atoms with Crippen LogP contribution in [-0.4, -0.2) is 12.9 Å². The number of allylic oxidation sites excluding steroid dienone is 2. The number of carbonyl (C=O) groups is 1. The molecule has 2 rings (SSSR count). The van der Waals surface area contributed by atoms with Crippen LogP contribution in [-0.2, 0) is 0 Å². The molecule has 0 aromatic heterocycles. The van der Waals surface area contributed by atoms with Gasteiger partial charge in [0.05, 0.1) is 22.8 Å². The van der Waals surface area contributed by atoms with Crippen LogP contribution in [0.4, 0.5) is 5.69 Å². The first-order valence-electron chi connectivity index (χ1n) is 6.59. The van der Waals surface area contributed by atoms with Crippen molar-refractivity contribution in [1.29, 1.82) is 0 Å². The third-order valence-corrected chi connectivity index (χ3v) is 3.82. The van der Waals surface area contributed by atoms with Crippen molar-refractivity contribution in [3.05, 3.63) is 69.8 Å². The van der Waals surface area contributed by atoms with E-state index in [2.05, 4.69) is 5.32 Å². The van der Waals surface area contributed by atoms with Gasteiger partial charge >= 0.3 is 0 Å². The standard InChI is InChI=1S/C17H15Cl2NO2/c1-11(20-15-5-3-4-14(18)17(15)19)10-16(21)12-6-8-13(22-2)9-7-12/h3-10,20H,1-2H3. The Labute approximate surface area is 139 Å². The maximum Gasteiger partial charge on any atom is 0.187 e. The Morgan fingerprint density at radius 1 is 1.14 bits per heavy atom. The number of rotatable bonds is 5. The summed E-state index contributed by atoms with van der Waals surface area (Å²) in [4.78, 5) is 12.2. The minimum atomic E-state index is -0.106. The summed E-state index contributed by atoms with van der Waals surface area (Å²) in [5, 5.41) is 3.96. The van der Waals surface area contributed by atoms with Crippen LogP contribution in [0.3, 0.4) is 0 Å². The Balaban J connectivity index is 2.13. The van der Waals surface area contributed by atoms with Crippen LogP contribution in [0.1, 0.15) is 17.3 Å². The minimum absolute atomic E-state index is 0.106. The van der Waals surface area contributed by atoms with Gasteiger partial charge in [0.2, 0.25) is 0 Å². The Kier molecular flexibility index (Phi) is 5.47. The summed E-state index contributed by atoms with van der Waals surface area (Å²) in [6, 6.07) is 12.2. The van der Waals surface area contributed by atoms with Crippen molar-refractivity contribution in [1.82, 2.24) is 0 Å². The predicted octanol–water partition coefficient (Wildman–Crippen LogP) is 5.20. The second-order valence-electron chi connectivity index (χ2n) is 4.65. The van der Waals surface area contributed by atoms with Gasteiger partial charge in [0.25, 0.3) is 0 Å². The topological polar surface area (TPSA) is 38.3 Å². The Morgan fingerprint density at radius 2 is 1.82 bits per heavy atom. The molecule has 0 saturated heterocycles. The molecule has 3 nitrogen and oxygen atoms in total. The first kappa shape index (κ1) is 16.4. The third kappa shape index (κ3) is 4.03. The normalized spacial score (nSPS) is 11.2. The van der Waals surface area contributed by atoms with E-state index in [1.165, 1.54) is 6.08 Å². The Bertz CT molecular complexity index is 709. The molecule has 5 heteroatoms. The molecule has 0 saturated carbocycles. The molecule has 1 N–H and O–H groups in total. The number of hydrogen-bond donors (Lipinski definition) is 1. The third-order valence-electron chi connectivity index (χ3n) is 3.01. The first-order valence-corrected chi connectivity index (χ1v) is 7.34. The average Bonchev–Trinajstić information content (AvgIpc) is 2.52. The van der Waals surface area contributed by atoms with Crippen molar-refractivity contribution in [2.45, 2.75) is 6.92 Å². The molecule has 0 aliphatic heterocycles. The molecule has 0 aliphatic carbocycles. The summed E-state index contributed by atoms with van der Waals surface area (Å²) in [5.74, 6) is 0.604. The van der Waals surface area contributed by atoms with Crippen LogP contribution in [0.2, 0.25) is 10.0 Å². The maximum absolute atomic E-state index is 12.2. The minimum Gasteiger partial charge on any atom is -0.497 e. The van der Waals surface area contributed by atoms with Crippen molar-refractivity contribution in [3.8, 4) is 5.75 Å². The van der Waals surface area contributed by atoms with Crippen molar-refractivity contribution in [3.63, 3.8) is 0 Å². The molecule has 0 fully saturated rings. The average molecular weight is 336 g/mol. The van der Waals surface area contributed by atoms with Gasteiger partial charge in [-0.2, -0.15) is 0 Å². The van der Waals surface area contributed by atoms with Crippen molar-refractivity contribution >= 4 is 34.7 Å². The number of benzene rings is 2. The van der Waals surface area contributed by atoms with Crippen LogP contribution in [0.5, 0.6) is 5.75 Å². The van der Waals surface area contributed by atoms with Crippen LogP contribution in [0.15, 0.2) is 54.2 Å². The zero-order valence-electron chi connectivity index (χ0n) is 12.2. The number of hydrogen-bond acceptors (Lipinski definition) is 3. The Hall–Kier alpha value is -1.97. The van der Waals surface area contributed by atoms with E-state index in [9.17, 15) is 4.79 Å². The van der Waals surface area contributed by atoms with Crippen LogP contribution in [0.25, 0.3) is 0 Å². The summed E-state index contributed by atoms with van der Waals surface area (Å²) < 4.78 is 5.07. The lowest BCUT2D eigenvalue weighted by atomic mass is 10.1. The quantitative estimate of drug-likeness (QED) is 0.602. The van der Waals surface area contributed by atoms with Gasteiger partial charge in [-0.3, -0.25) is 4.79 Å². The molecule has 22 heavy (non-hydrogen) atoms. The molecule has 0 amide bonds. The second-order valence-corrected chi connectivity index (χ2v) is 5.43. The monoisotopic (exact) mass is 335 g/mol. The lowest BCUT2D eigenvalue weighted by molar-refractivity contribution is 0.104. The van der Waals surface area contributed by atoms with Crippen molar-refractivity contribution < 1.29 is 9.53 Å². The number of halogens is 2. The molecular weight excluding hydrogens is 321 g/mol. The smallest absolute Gasteiger partial charge is 0.187 e. The van der Waals surface area contributed by atoms with E-state index in [0.717, 1.165) is 0 Å². The molecule has 114 valence electrons. The zero-order chi connectivity index (χ0) is 16.1. The maximum atomic E-state index is 12.2. The van der Waals surface area contributed by atoms with Crippen LogP contribution in [0, 0.1) is 0 Å². The van der Waals surface area contributed by atoms with Gasteiger partial charge < -0.3 is 10.1 Å². The molecule has 0 radical (unpaired) electrons. The van der Waals surface area contributed by atoms with Crippen molar-refractivity contribution in [2.24, 2.45) is 0 Å². The highest BCUT2D eigenvalue weighted by atomic mass is 35.5. The van der Waals surface area contributed by atoms with E-state index in [0.29, 0.717) is 32.7 Å². The lowest BCUT2D eigenvalue weighted by Gasteiger charge is -2.09. The van der Waals surface area contributed by atoms with Gasteiger partial charge in [-0.05, 0) is 43.3 Å². The van der Waals surface area contributed by atoms with Gasteiger partial charge in [0.15, 0.2) is 5.78 Å². The van der Waals surface area contributed by atoms with Gasteiger partial charge in [-0.25, -0.2) is 0 Å². The zero-order valence-corrected chi connectivity index (χ0v) is 13.7. The highest BCUT2D eigenvalue weighted by Gasteiger charge is 2.07. The van der Waals surface area contributed by atoms with Gasteiger partial charge in [-0.15, -0.1) is 0 Å². The number of nitrogens with one attached hydrogen (secondary N) is 1. The molecule has 0 spiro atoms. The molecule has 0 atom stereocenters. The fourth-order valence-electron chi connectivity index (χ4n) is 1.88. The van der Waals surface area contributed by atoms with Crippen molar-refractivity contribution in [2.75, 3.05) is 12.4 Å². The number of ketones is 1. The number of ether oxygens (including phenoxy) is 1. The number of anilines is 1. The number of methoxy groups -OCH3 is 1. The summed E-state index contributed by atoms with van der Waals surface area (Å²) in [7, 11) is 1.58. The summed E-state index contributed by atoms with van der Waals surface area (Å²) in [5.41, 5.74) is 1.91. The fraction of sp³-hybridized carbons (Fsp3) is 0.118. The molecule has 0 heterocycles. The van der Waals surface area contributed by atoms with E-state index >= 15 is 0 Å². The lowest BCUT2D eigenvalue weighted by Crippen LogP contribution is -2.02. The highest BCUT2D eigenvalue weighted by molar-refractivity contribution is 6.43. The van der Waals surface area contributed by atoms with E-state index < -0.39 is 0 Å². The molecule has 2 aromatic carbocycles. The van der Waals surface area contributed by atoms with E-state index in [4.69, 9.17) is 27.9 Å². The first-order chi connectivity index (χ1) is 10.5. The van der Waals surface area contributed by atoms with E-state index in [-0.39, 0.29) is 5.78 Å². The summed E-state index contributed by atoms with van der Waals surface area (Å²) >= 11 is 12.1. The number of carbonyl (C=O) groups excluding carboxylic acids is 1. The van der Waals surface area contributed by atoms with Gasteiger partial charge in [0, 0.05) is 17.3 Å². The van der Waals surface area contributed by atoms with E-state index in [1.807, 2.05) is 0 Å². The molecule has 0 aliphatic rings. The SMILES string of the molecule is COc1ccc(C(=O)C=C(C)Nc2cccc(Cl)c2Cl)cc1. The molecular formula is C17H15Cl2NO2. The Morgan fingerprint density at radius 3 is 2.45 bits per heavy atom. The molecule has 0 bridgehead atoms. The van der Waals surface area contributed by atoms with Crippen LogP contribution < -0.4 is 10.1 Å². The fourth-order valence-corrected chi connectivity index (χ4v) is 2.23. The van der Waals surface area contributed by atoms with Crippen LogP contribution >= 0.6 is 23.2 Å². The van der Waals surface area contributed by atoms with E-state index in [1.54, 1.807) is 56.5 Å². The summed E-state index contributed by atoms with van der Waals surface area (Å²) in [6.07, 6.45) is 1.51. The molecule has 2 aromatic rings. The molecule has 0 unspecified atom stereocenters. The van der Waals surface area contributed by atoms with Gasteiger partial charge in [-0.1, -0.05) is 29.3 Å². The van der Waals surface area contributed by atoms with Gasteiger partial charge in [0.1, 0.15) is 5.75 Å².